The highest BCUT2D eigenvalue weighted by molar-refractivity contribution is 6.99. The minimum Gasteiger partial charge on any atom is -0.403 e. The van der Waals surface area contributed by atoms with Gasteiger partial charge in [0.05, 0.1) is 29.9 Å². The maximum Gasteiger partial charge on any atom is 0.274 e. The van der Waals surface area contributed by atoms with Crippen molar-refractivity contribution in [3.63, 3.8) is 0 Å². The molecular formula is C35H44FN3O4Si. The van der Waals surface area contributed by atoms with E-state index in [1.807, 2.05) is 82.0 Å². The smallest absolute Gasteiger partial charge is 0.274 e. The summed E-state index contributed by atoms with van der Waals surface area (Å²) in [5.74, 6) is -0.969. The highest BCUT2D eigenvalue weighted by Crippen LogP contribution is 2.40. The summed E-state index contributed by atoms with van der Waals surface area (Å²) < 4.78 is 35.5. The highest BCUT2D eigenvalue weighted by Gasteiger charge is 2.50. The van der Waals surface area contributed by atoms with Crippen LogP contribution in [-0.2, 0) is 15.8 Å². The van der Waals surface area contributed by atoms with E-state index in [2.05, 4.69) is 55.5 Å². The Morgan fingerprint density at radius 3 is 2.02 bits per heavy atom. The van der Waals surface area contributed by atoms with Crippen molar-refractivity contribution >= 4 is 41.3 Å². The van der Waals surface area contributed by atoms with Gasteiger partial charge in [-0.3, -0.25) is 4.79 Å². The number of nitrogens with one attached hydrogen (secondary N) is 1. The zero-order valence-electron chi connectivity index (χ0n) is 27.0. The molecule has 1 N–H and O–H groups in total. The summed E-state index contributed by atoms with van der Waals surface area (Å²) in [5.41, 5.74) is 0.542. The van der Waals surface area contributed by atoms with Gasteiger partial charge < -0.3 is 23.9 Å². The fraction of sp³-hybridized carbons (Fsp3) is 0.429. The molecule has 5 rings (SSSR count). The van der Waals surface area contributed by atoms with E-state index >= 15 is 4.39 Å². The Morgan fingerprint density at radius 2 is 1.52 bits per heavy atom. The molecule has 4 aromatic rings. The zero-order chi connectivity index (χ0) is 31.9. The standard InChI is InChI=1S/C35H44FN3O4Si/c1-23-20-39(21-24(2)42-23)31-25(19-28-30(33(40)37-34(3,4)5)38-43-32(28)29(31)36)22-41-44(35(6,7)8,26-15-11-9-12-16-26)27-17-13-10-14-18-27/h9-19,23-24H,20-22H2,1-8H3,(H,37,40). The number of carbonyl (C=O) groups excluding carboxylic acids is 1. The van der Waals surface area contributed by atoms with Crippen molar-refractivity contribution in [3.05, 3.63) is 83.8 Å². The van der Waals surface area contributed by atoms with E-state index in [1.165, 1.54) is 0 Å². The molecular weight excluding hydrogens is 573 g/mol. The van der Waals surface area contributed by atoms with Crippen LogP contribution in [0.3, 0.4) is 0 Å². The van der Waals surface area contributed by atoms with Crippen LogP contribution in [-0.4, -0.2) is 50.2 Å². The molecule has 0 radical (unpaired) electrons. The maximum absolute atomic E-state index is 16.7. The maximum atomic E-state index is 16.7. The molecule has 1 fully saturated rings. The van der Waals surface area contributed by atoms with Gasteiger partial charge in [0, 0.05) is 24.2 Å². The third kappa shape index (κ3) is 6.18. The van der Waals surface area contributed by atoms with Gasteiger partial charge in [-0.2, -0.15) is 0 Å². The fourth-order valence-electron chi connectivity index (χ4n) is 6.40. The van der Waals surface area contributed by atoms with Gasteiger partial charge in [-0.25, -0.2) is 4.39 Å². The van der Waals surface area contributed by atoms with Gasteiger partial charge in [-0.1, -0.05) is 86.6 Å². The van der Waals surface area contributed by atoms with Crippen LogP contribution in [0.5, 0.6) is 0 Å². The molecule has 2 atom stereocenters. The molecule has 0 saturated carbocycles. The zero-order valence-corrected chi connectivity index (χ0v) is 28.0. The van der Waals surface area contributed by atoms with Crippen LogP contribution in [0, 0.1) is 5.82 Å². The molecule has 9 heteroatoms. The minimum absolute atomic E-state index is 0.0416. The quantitative estimate of drug-likeness (QED) is 0.250. The van der Waals surface area contributed by atoms with Crippen molar-refractivity contribution in [2.75, 3.05) is 18.0 Å². The predicted octanol–water partition coefficient (Wildman–Crippen LogP) is 6.19. The molecule has 0 spiro atoms. The molecule has 1 saturated heterocycles. The van der Waals surface area contributed by atoms with Crippen LogP contribution >= 0.6 is 0 Å². The monoisotopic (exact) mass is 617 g/mol. The summed E-state index contributed by atoms with van der Waals surface area (Å²) in [7, 11) is -2.95. The van der Waals surface area contributed by atoms with E-state index in [1.54, 1.807) is 0 Å². The second-order valence-electron chi connectivity index (χ2n) is 13.9. The molecule has 3 aromatic carbocycles. The van der Waals surface area contributed by atoms with E-state index in [-0.39, 0.29) is 35.1 Å². The first-order valence-electron chi connectivity index (χ1n) is 15.3. The first kappa shape index (κ1) is 31.9. The first-order valence-corrected chi connectivity index (χ1v) is 17.2. The number of aromatic nitrogens is 1. The van der Waals surface area contributed by atoms with Crippen molar-refractivity contribution in [2.45, 2.75) is 84.8 Å². The number of carbonyl (C=O) groups is 1. The van der Waals surface area contributed by atoms with E-state index in [0.717, 1.165) is 10.4 Å². The summed E-state index contributed by atoms with van der Waals surface area (Å²) >= 11 is 0. The Hall–Kier alpha value is -3.53. The van der Waals surface area contributed by atoms with Crippen LogP contribution in [0.25, 0.3) is 11.0 Å². The normalized spacial score (nSPS) is 18.1. The third-order valence-corrected chi connectivity index (χ3v) is 13.0. The largest absolute Gasteiger partial charge is 0.403 e. The fourth-order valence-corrected chi connectivity index (χ4v) is 10.9. The van der Waals surface area contributed by atoms with Crippen molar-refractivity contribution in [2.24, 2.45) is 0 Å². The Labute approximate surface area is 260 Å². The summed E-state index contributed by atoms with van der Waals surface area (Å²) in [6.45, 7) is 17.4. The van der Waals surface area contributed by atoms with E-state index in [4.69, 9.17) is 13.7 Å². The van der Waals surface area contributed by atoms with Crippen LogP contribution in [0.1, 0.15) is 71.4 Å². The number of anilines is 1. The topological polar surface area (TPSA) is 76.8 Å². The van der Waals surface area contributed by atoms with E-state index < -0.39 is 25.6 Å². The summed E-state index contributed by atoms with van der Waals surface area (Å²) in [4.78, 5) is 15.3. The first-order chi connectivity index (χ1) is 20.7. The number of fused-ring (bicyclic) bond motifs is 1. The second-order valence-corrected chi connectivity index (χ2v) is 18.2. The number of amides is 1. The molecule has 2 unspecified atom stereocenters. The molecule has 1 amide bonds. The summed E-state index contributed by atoms with van der Waals surface area (Å²) in [6.07, 6.45) is -0.190. The van der Waals surface area contributed by atoms with Crippen molar-refractivity contribution in [3.8, 4) is 0 Å². The predicted molar refractivity (Wildman–Crippen MR) is 176 cm³/mol. The molecule has 1 aliphatic heterocycles. The lowest BCUT2D eigenvalue weighted by Gasteiger charge is -2.43. The molecule has 2 heterocycles. The van der Waals surface area contributed by atoms with Gasteiger partial charge in [0.25, 0.3) is 14.2 Å². The lowest BCUT2D eigenvalue weighted by molar-refractivity contribution is -0.00549. The molecule has 0 bridgehead atoms. The van der Waals surface area contributed by atoms with Crippen LogP contribution in [0.15, 0.2) is 71.3 Å². The number of hydrogen-bond acceptors (Lipinski definition) is 6. The lowest BCUT2D eigenvalue weighted by Crippen LogP contribution is -2.66. The molecule has 234 valence electrons. The molecule has 1 aromatic heterocycles. The summed E-state index contributed by atoms with van der Waals surface area (Å²) in [5, 5.41) is 9.28. The van der Waals surface area contributed by atoms with Crippen molar-refractivity contribution < 1.29 is 22.9 Å². The number of benzene rings is 3. The van der Waals surface area contributed by atoms with Gasteiger partial charge in [0.1, 0.15) is 0 Å². The Bertz CT molecular complexity index is 1560. The Kier molecular flexibility index (Phi) is 8.77. The lowest BCUT2D eigenvalue weighted by atomic mass is 10.0. The highest BCUT2D eigenvalue weighted by atomic mass is 28.4. The van der Waals surface area contributed by atoms with Crippen LogP contribution < -0.4 is 20.6 Å². The van der Waals surface area contributed by atoms with Crippen molar-refractivity contribution in [1.29, 1.82) is 0 Å². The van der Waals surface area contributed by atoms with Gasteiger partial charge in [0.2, 0.25) is 5.58 Å². The number of morpholine rings is 1. The van der Waals surface area contributed by atoms with E-state index in [0.29, 0.717) is 29.7 Å². The number of hydrogen-bond donors (Lipinski definition) is 1. The average Bonchev–Trinajstić information content (AvgIpc) is 3.37. The SMILES string of the molecule is CC1CN(c2c(CO[Si](c3ccccc3)(c3ccccc3)C(C)(C)C)cc3c(C(=O)NC(C)(C)C)noc3c2F)CC(C)O1. The Morgan fingerprint density at radius 1 is 0.977 bits per heavy atom. The van der Waals surface area contributed by atoms with Gasteiger partial charge in [-0.05, 0) is 56.1 Å². The molecule has 0 aliphatic carbocycles. The van der Waals surface area contributed by atoms with Crippen LogP contribution in [0.2, 0.25) is 5.04 Å². The van der Waals surface area contributed by atoms with Gasteiger partial charge in [-0.15, -0.1) is 0 Å². The molecule has 1 aliphatic rings. The molecule has 44 heavy (non-hydrogen) atoms. The number of ether oxygens (including phenoxy) is 1. The van der Waals surface area contributed by atoms with Gasteiger partial charge in [0.15, 0.2) is 11.5 Å². The summed E-state index contributed by atoms with van der Waals surface area (Å²) in [6, 6.07) is 22.5. The minimum atomic E-state index is -2.95. The Balaban J connectivity index is 1.69. The van der Waals surface area contributed by atoms with Crippen LogP contribution in [0.4, 0.5) is 10.1 Å². The number of rotatable bonds is 7. The van der Waals surface area contributed by atoms with Gasteiger partial charge >= 0.3 is 0 Å². The number of nitrogens with zero attached hydrogens (tertiary/aromatic N) is 2. The second kappa shape index (κ2) is 12.1. The number of halogens is 1. The average molecular weight is 618 g/mol. The third-order valence-electron chi connectivity index (χ3n) is 8.06. The van der Waals surface area contributed by atoms with E-state index in [9.17, 15) is 4.79 Å². The van der Waals surface area contributed by atoms with Crippen molar-refractivity contribution in [1.82, 2.24) is 10.5 Å². The molecule has 7 nitrogen and oxygen atoms in total.